The lowest BCUT2D eigenvalue weighted by molar-refractivity contribution is 0.101. The monoisotopic (exact) mass is 464 g/mol. The predicted molar refractivity (Wildman–Crippen MR) is 134 cm³/mol. The molecule has 1 aliphatic heterocycles. The Kier molecular flexibility index (Phi) is 6.96. The van der Waals surface area contributed by atoms with Crippen molar-refractivity contribution in [2.45, 2.75) is 13.3 Å². The number of aromatic hydroxyl groups is 1. The lowest BCUT2D eigenvalue weighted by atomic mass is 10.1. The fourth-order valence-electron chi connectivity index (χ4n) is 3.74. The average molecular weight is 465 g/mol. The van der Waals surface area contributed by atoms with Gasteiger partial charge in [-0.15, -0.1) is 11.3 Å². The van der Waals surface area contributed by atoms with Gasteiger partial charge in [0.25, 0.3) is 11.8 Å². The highest BCUT2D eigenvalue weighted by molar-refractivity contribution is 7.18. The highest BCUT2D eigenvalue weighted by Crippen LogP contribution is 2.34. The number of thiophene rings is 1. The van der Waals surface area contributed by atoms with Gasteiger partial charge in [0.2, 0.25) is 0 Å². The van der Waals surface area contributed by atoms with Crippen LogP contribution in [0.15, 0.2) is 54.6 Å². The molecule has 0 radical (unpaired) electrons. The number of phenols is 1. The minimum absolute atomic E-state index is 0.114. The molecular formula is C25H28N4O3S. The molecule has 0 atom stereocenters. The summed E-state index contributed by atoms with van der Waals surface area (Å²) in [5.74, 6) is -0.761. The first-order valence-corrected chi connectivity index (χ1v) is 11.8. The molecule has 2 heterocycles. The molecule has 0 spiro atoms. The number of anilines is 3. The number of carbonyl (C=O) groups excluding carboxylic acids is 2. The summed E-state index contributed by atoms with van der Waals surface area (Å²) in [4.78, 5) is 30.8. The first-order chi connectivity index (χ1) is 15.9. The van der Waals surface area contributed by atoms with Crippen molar-refractivity contribution in [3.8, 4) is 5.75 Å². The Bertz CT molecular complexity index is 1140. The van der Waals surface area contributed by atoms with Crippen molar-refractivity contribution in [1.82, 2.24) is 4.90 Å². The van der Waals surface area contributed by atoms with Gasteiger partial charge in [-0.2, -0.15) is 0 Å². The van der Waals surface area contributed by atoms with Crippen LogP contribution in [0.1, 0.15) is 32.0 Å². The Morgan fingerprint density at radius 1 is 0.909 bits per heavy atom. The lowest BCUT2D eigenvalue weighted by Gasteiger charge is -2.20. The molecular weight excluding hydrogens is 436 g/mol. The van der Waals surface area contributed by atoms with E-state index >= 15 is 0 Å². The van der Waals surface area contributed by atoms with Gasteiger partial charge in [0.05, 0.1) is 15.6 Å². The van der Waals surface area contributed by atoms with Crippen molar-refractivity contribution in [3.63, 3.8) is 0 Å². The minimum atomic E-state index is -0.328. The lowest BCUT2D eigenvalue weighted by Crippen LogP contribution is -2.28. The van der Waals surface area contributed by atoms with Crippen LogP contribution in [0.5, 0.6) is 5.75 Å². The number of carbonyl (C=O) groups is 2. The van der Waals surface area contributed by atoms with Crippen LogP contribution in [-0.4, -0.2) is 55.0 Å². The van der Waals surface area contributed by atoms with Gasteiger partial charge in [0, 0.05) is 25.2 Å². The van der Waals surface area contributed by atoms with Crippen LogP contribution in [0.3, 0.4) is 0 Å². The van der Waals surface area contributed by atoms with Crippen molar-refractivity contribution < 1.29 is 14.7 Å². The van der Waals surface area contributed by atoms with Crippen LogP contribution in [-0.2, 0) is 0 Å². The Balaban J connectivity index is 1.49. The van der Waals surface area contributed by atoms with E-state index in [9.17, 15) is 14.7 Å². The van der Waals surface area contributed by atoms with E-state index in [1.54, 1.807) is 30.3 Å². The summed E-state index contributed by atoms with van der Waals surface area (Å²) in [5.41, 5.74) is 2.06. The third-order valence-corrected chi connectivity index (χ3v) is 6.83. The number of benzene rings is 2. The number of amides is 2. The van der Waals surface area contributed by atoms with E-state index in [2.05, 4.69) is 27.5 Å². The fourth-order valence-corrected chi connectivity index (χ4v) is 4.69. The molecule has 0 bridgehead atoms. The van der Waals surface area contributed by atoms with Gasteiger partial charge in [-0.1, -0.05) is 23.8 Å². The first-order valence-electron chi connectivity index (χ1n) is 11.0. The van der Waals surface area contributed by atoms with Gasteiger partial charge in [-0.3, -0.25) is 9.59 Å². The molecule has 1 aromatic heterocycles. The van der Waals surface area contributed by atoms with Crippen LogP contribution >= 0.6 is 11.3 Å². The van der Waals surface area contributed by atoms with Crippen LogP contribution in [0, 0.1) is 6.92 Å². The zero-order valence-corrected chi connectivity index (χ0v) is 19.6. The number of aryl methyl sites for hydroxylation is 1. The average Bonchev–Trinajstić information content (AvgIpc) is 3.19. The zero-order chi connectivity index (χ0) is 23.4. The van der Waals surface area contributed by atoms with Crippen molar-refractivity contribution in [3.05, 3.63) is 70.6 Å². The van der Waals surface area contributed by atoms with Crippen LogP contribution in [0.4, 0.5) is 16.4 Å². The molecule has 0 aliphatic carbocycles. The molecule has 3 N–H and O–H groups in total. The summed E-state index contributed by atoms with van der Waals surface area (Å²) in [7, 11) is 2.12. The molecule has 4 rings (SSSR count). The Morgan fingerprint density at radius 2 is 1.70 bits per heavy atom. The SMILES string of the molecule is Cc1ccc(C(=O)Nc2cccc(O)c2NC(=O)c2ccc(N3CCCN(C)CC3)s2)cc1. The first kappa shape index (κ1) is 22.8. The smallest absolute Gasteiger partial charge is 0.265 e. The maximum atomic E-state index is 13.0. The second-order valence-corrected chi connectivity index (χ2v) is 9.32. The Labute approximate surface area is 197 Å². The number of rotatable bonds is 5. The number of nitrogens with one attached hydrogen (secondary N) is 2. The van der Waals surface area contributed by atoms with E-state index in [0.29, 0.717) is 16.1 Å². The Morgan fingerprint density at radius 3 is 2.48 bits per heavy atom. The highest BCUT2D eigenvalue weighted by atomic mass is 32.1. The topological polar surface area (TPSA) is 84.9 Å². The van der Waals surface area contributed by atoms with E-state index in [0.717, 1.165) is 43.2 Å². The molecule has 1 saturated heterocycles. The summed E-state index contributed by atoms with van der Waals surface area (Å²) in [6, 6.07) is 15.7. The summed E-state index contributed by atoms with van der Waals surface area (Å²) in [5, 5.41) is 17.0. The molecule has 8 heteroatoms. The summed E-state index contributed by atoms with van der Waals surface area (Å²) < 4.78 is 0. The molecule has 3 aromatic rings. The van der Waals surface area contributed by atoms with E-state index in [1.807, 2.05) is 25.1 Å². The van der Waals surface area contributed by atoms with Crippen molar-refractivity contribution in [2.24, 2.45) is 0 Å². The summed E-state index contributed by atoms with van der Waals surface area (Å²) >= 11 is 1.43. The number of likely N-dealkylation sites (N-methyl/N-ethyl adjacent to an activating group) is 1. The molecule has 1 fully saturated rings. The normalized spacial score (nSPS) is 14.5. The Hall–Kier alpha value is -3.36. The molecule has 0 saturated carbocycles. The van der Waals surface area contributed by atoms with Gasteiger partial charge < -0.3 is 25.5 Å². The number of hydrogen-bond acceptors (Lipinski definition) is 6. The summed E-state index contributed by atoms with van der Waals surface area (Å²) in [6.45, 7) is 5.89. The summed E-state index contributed by atoms with van der Waals surface area (Å²) in [6.07, 6.45) is 1.08. The molecule has 33 heavy (non-hydrogen) atoms. The van der Waals surface area contributed by atoms with Gasteiger partial charge >= 0.3 is 0 Å². The largest absolute Gasteiger partial charge is 0.506 e. The van der Waals surface area contributed by atoms with Gasteiger partial charge in [-0.05, 0) is 63.3 Å². The second kappa shape index (κ2) is 10.1. The second-order valence-electron chi connectivity index (χ2n) is 8.26. The quantitative estimate of drug-likeness (QED) is 0.487. The van der Waals surface area contributed by atoms with Gasteiger partial charge in [0.15, 0.2) is 0 Å². The molecule has 2 amide bonds. The zero-order valence-electron chi connectivity index (χ0n) is 18.8. The molecule has 0 unspecified atom stereocenters. The van der Waals surface area contributed by atoms with Crippen molar-refractivity contribution in [2.75, 3.05) is 48.8 Å². The van der Waals surface area contributed by atoms with Gasteiger partial charge in [-0.25, -0.2) is 0 Å². The minimum Gasteiger partial charge on any atom is -0.506 e. The van der Waals surface area contributed by atoms with Gasteiger partial charge in [0.1, 0.15) is 11.4 Å². The molecule has 7 nitrogen and oxygen atoms in total. The van der Waals surface area contributed by atoms with Crippen LogP contribution in [0.25, 0.3) is 0 Å². The van der Waals surface area contributed by atoms with Crippen LogP contribution in [0.2, 0.25) is 0 Å². The number of nitrogens with zero attached hydrogens (tertiary/aromatic N) is 2. The number of phenolic OH excluding ortho intramolecular Hbond substituents is 1. The van der Waals surface area contributed by atoms with E-state index in [4.69, 9.17) is 0 Å². The van der Waals surface area contributed by atoms with Crippen molar-refractivity contribution >= 4 is 39.5 Å². The van der Waals surface area contributed by atoms with E-state index < -0.39 is 0 Å². The molecule has 172 valence electrons. The fraction of sp³-hybridized carbons (Fsp3) is 0.280. The van der Waals surface area contributed by atoms with Crippen molar-refractivity contribution in [1.29, 1.82) is 0 Å². The molecule has 1 aliphatic rings. The maximum absolute atomic E-state index is 13.0. The third-order valence-electron chi connectivity index (χ3n) is 5.69. The highest BCUT2D eigenvalue weighted by Gasteiger charge is 2.19. The number of hydrogen-bond donors (Lipinski definition) is 3. The van der Waals surface area contributed by atoms with E-state index in [1.165, 1.54) is 17.4 Å². The van der Waals surface area contributed by atoms with E-state index in [-0.39, 0.29) is 23.3 Å². The van der Waals surface area contributed by atoms with Crippen LogP contribution < -0.4 is 15.5 Å². The maximum Gasteiger partial charge on any atom is 0.265 e. The third kappa shape index (κ3) is 5.53. The number of para-hydroxylation sites is 1. The standard InChI is InChI=1S/C25H28N4O3S/c1-17-7-9-18(10-8-17)24(31)26-19-5-3-6-20(30)23(19)27-25(32)21-11-12-22(33-21)29-14-4-13-28(2)15-16-29/h3,5-12,30H,4,13-16H2,1-2H3,(H,26,31)(H,27,32). The molecule has 2 aromatic carbocycles. The predicted octanol–water partition coefficient (Wildman–Crippen LogP) is 4.41.